The number of aliphatic hydroxyl groups is 1. The molecule has 2 nitrogen and oxygen atoms in total. The number of methoxy groups -OCH3 is 1. The van der Waals surface area contributed by atoms with Gasteiger partial charge in [-0.1, -0.05) is 15.9 Å². The van der Waals surface area contributed by atoms with Gasteiger partial charge in [0.25, 0.3) is 6.43 Å². The third-order valence-electron chi connectivity index (χ3n) is 1.81. The van der Waals surface area contributed by atoms with Crippen LogP contribution in [0.1, 0.15) is 11.7 Å². The van der Waals surface area contributed by atoms with Gasteiger partial charge in [-0.15, -0.1) is 0 Å². The van der Waals surface area contributed by atoms with Gasteiger partial charge < -0.3 is 9.84 Å². The zero-order valence-corrected chi connectivity index (χ0v) is 9.26. The summed E-state index contributed by atoms with van der Waals surface area (Å²) in [4.78, 5) is 0. The number of hydrogen-bond donors (Lipinski definition) is 1. The summed E-state index contributed by atoms with van der Waals surface area (Å²) < 4.78 is 42.8. The number of aliphatic hydroxyl groups excluding tert-OH is 1. The molecule has 0 aliphatic carbocycles. The molecule has 1 N–H and O–H groups in total. The monoisotopic (exact) mass is 284 g/mol. The maximum Gasteiger partial charge on any atom is 0.268 e. The number of rotatable bonds is 3. The Morgan fingerprint density at radius 3 is 2.47 bits per heavy atom. The van der Waals surface area contributed by atoms with Crippen LogP contribution in [0.15, 0.2) is 16.6 Å². The first-order chi connectivity index (χ1) is 6.97. The molecule has 1 atom stereocenters. The Morgan fingerprint density at radius 2 is 2.00 bits per heavy atom. The second-order valence-electron chi connectivity index (χ2n) is 2.78. The van der Waals surface area contributed by atoms with Crippen molar-refractivity contribution in [3.05, 3.63) is 28.0 Å². The maximum atomic E-state index is 13.3. The molecule has 0 amide bonds. The highest BCUT2D eigenvalue weighted by Crippen LogP contribution is 2.34. The van der Waals surface area contributed by atoms with E-state index >= 15 is 0 Å². The van der Waals surface area contributed by atoms with Crippen LogP contribution in [0.2, 0.25) is 0 Å². The van der Waals surface area contributed by atoms with Crippen molar-refractivity contribution in [2.24, 2.45) is 0 Å². The molecular formula is C9H8BrF3O2. The summed E-state index contributed by atoms with van der Waals surface area (Å²) in [7, 11) is 1.21. The lowest BCUT2D eigenvalue weighted by Gasteiger charge is -2.15. The van der Waals surface area contributed by atoms with E-state index in [1.165, 1.54) is 13.2 Å². The van der Waals surface area contributed by atoms with E-state index in [-0.39, 0.29) is 5.75 Å². The van der Waals surface area contributed by atoms with Crippen LogP contribution >= 0.6 is 15.9 Å². The number of halogens is 4. The van der Waals surface area contributed by atoms with Gasteiger partial charge in [-0.05, 0) is 12.1 Å². The molecule has 0 aliphatic rings. The third kappa shape index (κ3) is 2.63. The minimum atomic E-state index is -3.06. The molecular weight excluding hydrogens is 277 g/mol. The summed E-state index contributed by atoms with van der Waals surface area (Å²) in [6, 6.07) is 2.30. The Morgan fingerprint density at radius 1 is 1.40 bits per heavy atom. The lowest BCUT2D eigenvalue weighted by Crippen LogP contribution is -2.11. The quantitative estimate of drug-likeness (QED) is 0.925. The van der Waals surface area contributed by atoms with Crippen molar-refractivity contribution in [1.82, 2.24) is 0 Å². The molecule has 1 rings (SSSR count). The largest absolute Gasteiger partial charge is 0.496 e. The van der Waals surface area contributed by atoms with Crippen molar-refractivity contribution in [3.63, 3.8) is 0 Å². The van der Waals surface area contributed by atoms with E-state index in [9.17, 15) is 13.2 Å². The van der Waals surface area contributed by atoms with E-state index in [1.807, 2.05) is 0 Å². The Bertz CT molecular complexity index is 357. The lowest BCUT2D eigenvalue weighted by molar-refractivity contribution is -0.00900. The van der Waals surface area contributed by atoms with Crippen LogP contribution in [0.4, 0.5) is 13.2 Å². The molecule has 0 heterocycles. The fraction of sp³-hybridized carbons (Fsp3) is 0.333. The van der Waals surface area contributed by atoms with Crippen LogP contribution < -0.4 is 4.74 Å². The third-order valence-corrected chi connectivity index (χ3v) is 2.27. The van der Waals surface area contributed by atoms with Crippen LogP contribution in [0.25, 0.3) is 0 Å². The Kier molecular flexibility index (Phi) is 3.98. The van der Waals surface area contributed by atoms with Gasteiger partial charge >= 0.3 is 0 Å². The highest BCUT2D eigenvalue weighted by molar-refractivity contribution is 9.10. The van der Waals surface area contributed by atoms with E-state index in [0.717, 1.165) is 6.07 Å². The van der Waals surface area contributed by atoms with E-state index in [0.29, 0.717) is 4.47 Å². The Hall–Kier alpha value is -0.750. The summed E-state index contributed by atoms with van der Waals surface area (Å²) in [5, 5.41) is 9.10. The summed E-state index contributed by atoms with van der Waals surface area (Å²) in [6.07, 6.45) is -5.25. The van der Waals surface area contributed by atoms with Gasteiger partial charge in [-0.2, -0.15) is 0 Å². The molecule has 0 fully saturated rings. The van der Waals surface area contributed by atoms with Crippen molar-refractivity contribution < 1.29 is 23.0 Å². The summed E-state index contributed by atoms with van der Waals surface area (Å²) in [5.74, 6) is -1.05. The number of hydrogen-bond acceptors (Lipinski definition) is 2. The molecule has 1 unspecified atom stereocenters. The van der Waals surface area contributed by atoms with Gasteiger partial charge in [0.1, 0.15) is 17.7 Å². The van der Waals surface area contributed by atoms with E-state index in [2.05, 4.69) is 15.9 Å². The van der Waals surface area contributed by atoms with Crippen LogP contribution in [0.3, 0.4) is 0 Å². The second-order valence-corrected chi connectivity index (χ2v) is 3.70. The summed E-state index contributed by atoms with van der Waals surface area (Å²) in [6.45, 7) is 0. The number of alkyl halides is 2. The highest BCUT2D eigenvalue weighted by atomic mass is 79.9. The maximum absolute atomic E-state index is 13.3. The van der Waals surface area contributed by atoms with Gasteiger partial charge in [-0.3, -0.25) is 0 Å². The molecule has 15 heavy (non-hydrogen) atoms. The van der Waals surface area contributed by atoms with Gasteiger partial charge in [0.2, 0.25) is 0 Å². The Labute approximate surface area is 92.8 Å². The van der Waals surface area contributed by atoms with Gasteiger partial charge in [0.15, 0.2) is 0 Å². The first kappa shape index (κ1) is 12.3. The molecule has 0 spiro atoms. The topological polar surface area (TPSA) is 29.5 Å². The van der Waals surface area contributed by atoms with E-state index in [4.69, 9.17) is 9.84 Å². The smallest absolute Gasteiger partial charge is 0.268 e. The molecule has 1 aromatic carbocycles. The summed E-state index contributed by atoms with van der Waals surface area (Å²) in [5.41, 5.74) is -0.532. The molecule has 0 aliphatic heterocycles. The zero-order chi connectivity index (χ0) is 11.6. The fourth-order valence-electron chi connectivity index (χ4n) is 1.14. The number of benzene rings is 1. The van der Waals surface area contributed by atoms with Crippen molar-refractivity contribution in [1.29, 1.82) is 0 Å². The molecule has 0 radical (unpaired) electrons. The number of ether oxygens (including phenoxy) is 1. The SMILES string of the molecule is COc1cc(Br)cc(F)c1C(O)C(F)F. The van der Waals surface area contributed by atoms with Crippen LogP contribution in [-0.4, -0.2) is 18.6 Å². The van der Waals surface area contributed by atoms with Crippen molar-refractivity contribution in [3.8, 4) is 5.75 Å². The van der Waals surface area contributed by atoms with Gasteiger partial charge in [0.05, 0.1) is 12.7 Å². The molecule has 0 saturated heterocycles. The first-order valence-corrected chi connectivity index (χ1v) is 4.75. The van der Waals surface area contributed by atoms with Gasteiger partial charge in [-0.25, -0.2) is 13.2 Å². The molecule has 1 aromatic rings. The average Bonchev–Trinajstić information content (AvgIpc) is 2.15. The lowest BCUT2D eigenvalue weighted by atomic mass is 10.1. The van der Waals surface area contributed by atoms with Gasteiger partial charge in [0, 0.05) is 4.47 Å². The first-order valence-electron chi connectivity index (χ1n) is 3.96. The predicted octanol–water partition coefficient (Wildman–Crippen LogP) is 2.90. The van der Waals surface area contributed by atoms with E-state index < -0.39 is 23.9 Å². The standard InChI is InChI=1S/C9H8BrF3O2/c1-15-6-3-4(10)2-5(11)7(6)8(14)9(12)13/h2-3,8-9,14H,1H3. The molecule has 0 saturated carbocycles. The predicted molar refractivity (Wildman–Crippen MR) is 51.6 cm³/mol. The molecule has 84 valence electrons. The van der Waals surface area contributed by atoms with E-state index in [1.54, 1.807) is 0 Å². The van der Waals surface area contributed by atoms with Crippen molar-refractivity contribution in [2.75, 3.05) is 7.11 Å². The van der Waals surface area contributed by atoms with Crippen molar-refractivity contribution in [2.45, 2.75) is 12.5 Å². The summed E-state index contributed by atoms with van der Waals surface area (Å²) >= 11 is 2.98. The molecule has 6 heteroatoms. The molecule has 0 aromatic heterocycles. The average molecular weight is 285 g/mol. The minimum Gasteiger partial charge on any atom is -0.496 e. The van der Waals surface area contributed by atoms with Crippen molar-refractivity contribution >= 4 is 15.9 Å². The minimum absolute atomic E-state index is 0.116. The fourth-order valence-corrected chi connectivity index (χ4v) is 1.55. The highest BCUT2D eigenvalue weighted by Gasteiger charge is 2.26. The zero-order valence-electron chi connectivity index (χ0n) is 7.68. The normalized spacial score (nSPS) is 13.0. The molecule has 0 bridgehead atoms. The van der Waals surface area contributed by atoms with Crippen LogP contribution in [-0.2, 0) is 0 Å². The van der Waals surface area contributed by atoms with Crippen LogP contribution in [0.5, 0.6) is 5.75 Å². The Balaban J connectivity index is 3.26. The second kappa shape index (κ2) is 4.85. The van der Waals surface area contributed by atoms with Crippen LogP contribution in [0, 0.1) is 5.82 Å².